The minimum Gasteiger partial charge on any atom is -0.399 e. The van der Waals surface area contributed by atoms with Crippen LogP contribution >= 0.6 is 34.8 Å². The molecular formula is C58H43Cl3N12O2. The van der Waals surface area contributed by atoms with Crippen molar-refractivity contribution >= 4 is 68.6 Å². The van der Waals surface area contributed by atoms with Crippen molar-refractivity contribution in [1.29, 1.82) is 0 Å². The number of carbonyl (C=O) groups excluding carboxylic acids is 2. The molecule has 0 fully saturated rings. The smallest absolute Gasteiger partial charge is 0.228 e. The topological polar surface area (TPSA) is 168 Å². The molecule has 14 nitrogen and oxygen atoms in total. The maximum absolute atomic E-state index is 12.7. The fourth-order valence-corrected chi connectivity index (χ4v) is 8.60. The summed E-state index contributed by atoms with van der Waals surface area (Å²) in [4.78, 5) is 51.1. The number of benzene rings is 6. The molecule has 368 valence electrons. The Kier molecular flexibility index (Phi) is 14.9. The number of rotatable bonds is 11. The molecule has 0 saturated heterocycles. The van der Waals surface area contributed by atoms with Gasteiger partial charge in [0, 0.05) is 112 Å². The fourth-order valence-electron chi connectivity index (χ4n) is 8.19. The quantitative estimate of drug-likeness (QED) is 0.0946. The van der Waals surface area contributed by atoms with E-state index >= 15 is 0 Å². The number of anilines is 2. The zero-order valence-electron chi connectivity index (χ0n) is 39.7. The van der Waals surface area contributed by atoms with Crippen molar-refractivity contribution in [2.45, 2.75) is 12.8 Å². The van der Waals surface area contributed by atoms with Gasteiger partial charge in [0.1, 0.15) is 11.6 Å². The van der Waals surface area contributed by atoms with Crippen LogP contribution in [0.15, 0.2) is 220 Å². The normalized spacial score (nSPS) is 10.9. The monoisotopic (exact) mass is 1040 g/mol. The van der Waals surface area contributed by atoms with Gasteiger partial charge in [-0.1, -0.05) is 132 Å². The van der Waals surface area contributed by atoms with E-state index in [1.807, 2.05) is 176 Å². The first-order chi connectivity index (χ1) is 36.6. The third-order valence-electron chi connectivity index (χ3n) is 11.7. The van der Waals surface area contributed by atoms with Crippen molar-refractivity contribution < 1.29 is 9.59 Å². The summed E-state index contributed by atoms with van der Waals surface area (Å²) in [5, 5.41) is 3.94. The third-order valence-corrected chi connectivity index (χ3v) is 12.3. The molecule has 0 atom stereocenters. The first-order valence-corrected chi connectivity index (χ1v) is 24.5. The Morgan fingerprint density at radius 1 is 0.493 bits per heavy atom. The van der Waals surface area contributed by atoms with Crippen molar-refractivity contribution in [1.82, 2.24) is 47.8 Å². The molecule has 0 aliphatic rings. The largest absolute Gasteiger partial charge is 0.399 e. The molecule has 0 radical (unpaired) electrons. The van der Waals surface area contributed by atoms with Crippen LogP contribution < -0.4 is 11.1 Å². The van der Waals surface area contributed by atoms with Gasteiger partial charge in [-0.15, -0.1) is 0 Å². The van der Waals surface area contributed by atoms with Crippen LogP contribution in [0.5, 0.6) is 0 Å². The molecule has 0 aliphatic carbocycles. The molecule has 0 unspecified atom stereocenters. The highest BCUT2D eigenvalue weighted by Gasteiger charge is 2.18. The maximum atomic E-state index is 12.7. The predicted octanol–water partition coefficient (Wildman–Crippen LogP) is 12.6. The van der Waals surface area contributed by atoms with Crippen LogP contribution in [-0.4, -0.2) is 59.0 Å². The Bertz CT molecular complexity index is 3910. The van der Waals surface area contributed by atoms with E-state index in [1.54, 1.807) is 61.2 Å². The summed E-state index contributed by atoms with van der Waals surface area (Å²) in [6, 6.07) is 49.7. The number of nitrogens with one attached hydrogen (secondary N) is 1. The third kappa shape index (κ3) is 11.9. The van der Waals surface area contributed by atoms with E-state index in [1.165, 1.54) is 0 Å². The number of hydrogen-bond acceptors (Lipinski definition) is 9. The van der Waals surface area contributed by atoms with Gasteiger partial charge in [0.05, 0.1) is 17.8 Å². The van der Waals surface area contributed by atoms with Crippen LogP contribution in [0.1, 0.15) is 11.1 Å². The minimum atomic E-state index is -0.354. The first kappa shape index (κ1) is 49.4. The number of imidazole rings is 4. The predicted molar refractivity (Wildman–Crippen MR) is 296 cm³/mol. The SMILES string of the molecule is Nc1cccc(-c2cn3ccnc3c(-n3ccnc3-c3ccccc3)n2)c1.O=C(Cc1ccc(Cl)cc1)Nc1cccc(-c2cn3ccnc3c(-n3ccnc3-c3ccccc3)n2)c1.O=C(Cl)Cc1ccc(Cl)cc1. The molecule has 6 aromatic heterocycles. The Labute approximate surface area is 445 Å². The molecule has 0 spiro atoms. The fraction of sp³-hybridized carbons (Fsp3) is 0.0345. The summed E-state index contributed by atoms with van der Waals surface area (Å²) in [5.41, 5.74) is 16.0. The van der Waals surface area contributed by atoms with E-state index in [-0.39, 0.29) is 24.0 Å². The molecule has 0 bridgehead atoms. The summed E-state index contributed by atoms with van der Waals surface area (Å²) in [7, 11) is 0. The molecular weight excluding hydrogens is 1000 g/mol. The van der Waals surface area contributed by atoms with Gasteiger partial charge in [-0.3, -0.25) is 18.7 Å². The summed E-state index contributed by atoms with van der Waals surface area (Å²) < 4.78 is 7.82. The van der Waals surface area contributed by atoms with Gasteiger partial charge in [-0.2, -0.15) is 0 Å². The van der Waals surface area contributed by atoms with Gasteiger partial charge < -0.3 is 19.9 Å². The number of carbonyl (C=O) groups is 2. The van der Waals surface area contributed by atoms with Crippen LogP contribution in [0, 0.1) is 0 Å². The van der Waals surface area contributed by atoms with Gasteiger partial charge >= 0.3 is 0 Å². The molecule has 0 saturated carbocycles. The highest BCUT2D eigenvalue weighted by atomic mass is 35.5. The lowest BCUT2D eigenvalue weighted by molar-refractivity contribution is -0.115. The van der Waals surface area contributed by atoms with Crippen molar-refractivity contribution in [3.63, 3.8) is 0 Å². The van der Waals surface area contributed by atoms with E-state index in [2.05, 4.69) is 25.3 Å². The van der Waals surface area contributed by atoms with Gasteiger partial charge in [-0.05, 0) is 71.3 Å². The Hall–Kier alpha value is -9.21. The molecule has 3 N–H and O–H groups in total. The average Bonchev–Trinajstić information content (AvgIpc) is 4.29. The zero-order valence-corrected chi connectivity index (χ0v) is 42.0. The Balaban J connectivity index is 0.000000147. The van der Waals surface area contributed by atoms with E-state index in [4.69, 9.17) is 50.5 Å². The molecule has 17 heteroatoms. The number of fused-ring (bicyclic) bond motifs is 2. The highest BCUT2D eigenvalue weighted by Crippen LogP contribution is 2.29. The molecule has 6 aromatic carbocycles. The van der Waals surface area contributed by atoms with E-state index in [9.17, 15) is 9.59 Å². The number of nitrogens with two attached hydrogens (primary N) is 1. The summed E-state index contributed by atoms with van der Waals surface area (Å²) in [6.07, 6.45) is 19.0. The van der Waals surface area contributed by atoms with Crippen molar-refractivity contribution in [2.75, 3.05) is 11.1 Å². The number of halogens is 3. The van der Waals surface area contributed by atoms with Gasteiger partial charge in [0.2, 0.25) is 11.1 Å². The van der Waals surface area contributed by atoms with Gasteiger partial charge in [0.25, 0.3) is 0 Å². The zero-order chi connectivity index (χ0) is 51.7. The summed E-state index contributed by atoms with van der Waals surface area (Å²) in [6.45, 7) is 0. The molecule has 0 aliphatic heterocycles. The second kappa shape index (κ2) is 22.7. The van der Waals surface area contributed by atoms with Gasteiger partial charge in [-0.25, -0.2) is 29.9 Å². The van der Waals surface area contributed by atoms with Gasteiger partial charge in [0.15, 0.2) is 22.9 Å². The Morgan fingerprint density at radius 3 is 1.44 bits per heavy atom. The number of aromatic nitrogens is 10. The first-order valence-electron chi connectivity index (χ1n) is 23.4. The van der Waals surface area contributed by atoms with E-state index in [0.717, 1.165) is 67.9 Å². The van der Waals surface area contributed by atoms with E-state index < -0.39 is 0 Å². The van der Waals surface area contributed by atoms with Crippen molar-refractivity contribution in [2.24, 2.45) is 0 Å². The molecule has 6 heterocycles. The molecule has 12 rings (SSSR count). The number of amides is 1. The molecule has 75 heavy (non-hydrogen) atoms. The lowest BCUT2D eigenvalue weighted by atomic mass is 10.1. The van der Waals surface area contributed by atoms with E-state index in [0.29, 0.717) is 32.9 Å². The van der Waals surface area contributed by atoms with Crippen LogP contribution in [0.2, 0.25) is 10.0 Å². The van der Waals surface area contributed by atoms with Crippen LogP contribution in [0.4, 0.5) is 11.4 Å². The standard InChI is InChI=1S/C29H21ClN6O.C21H16N6.C8H6Cl2O/c30-23-11-9-20(10-12-23)17-26(37)33-24-8-4-7-22(18-24)25-19-35-15-13-32-28(35)29(34-25)36-16-14-31-27(36)21-5-2-1-3-6-21;22-17-8-4-7-16(13-17)18-14-26-11-9-24-20(26)21(25-18)27-12-10-23-19(27)15-5-2-1-3-6-15;9-7-3-1-6(2-4-7)5-8(10)11/h1-16,18-19H,17H2,(H,33,37);1-14H,22H2;1-4H,5H2. The van der Waals surface area contributed by atoms with Crippen LogP contribution in [0.25, 0.3) is 68.2 Å². The highest BCUT2D eigenvalue weighted by molar-refractivity contribution is 6.63. The summed E-state index contributed by atoms with van der Waals surface area (Å²) in [5.74, 6) is 2.87. The number of nitrogens with zero attached hydrogens (tertiary/aromatic N) is 10. The Morgan fingerprint density at radius 2 is 0.947 bits per heavy atom. The summed E-state index contributed by atoms with van der Waals surface area (Å²) >= 11 is 16.8. The maximum Gasteiger partial charge on any atom is 0.228 e. The van der Waals surface area contributed by atoms with Crippen molar-refractivity contribution in [3.05, 3.63) is 241 Å². The molecule has 12 aromatic rings. The number of nitrogen functional groups attached to an aromatic ring is 1. The average molecular weight is 1050 g/mol. The molecule has 1 amide bonds. The van der Waals surface area contributed by atoms with Crippen molar-refractivity contribution in [3.8, 4) is 56.9 Å². The second-order valence-corrected chi connectivity index (χ2v) is 18.2. The lowest BCUT2D eigenvalue weighted by Gasteiger charge is -2.12. The lowest BCUT2D eigenvalue weighted by Crippen LogP contribution is -2.14. The minimum absolute atomic E-state index is 0.107. The second-order valence-electron chi connectivity index (χ2n) is 16.9. The van der Waals surface area contributed by atoms with Crippen LogP contribution in [-0.2, 0) is 22.4 Å². The van der Waals surface area contributed by atoms with Crippen LogP contribution in [0.3, 0.4) is 0 Å². The number of hydrogen-bond donors (Lipinski definition) is 2.